The molecule has 1 N–H and O–H groups in total. The maximum absolute atomic E-state index is 12.9. The molecule has 8 heteroatoms. The SMILES string of the molecule is O=C(O)c1cc(-c2ccco2)nc2ccc(S(=O)(=O)N3CCCCC3)cc12. The van der Waals surface area contributed by atoms with Crippen molar-refractivity contribution < 1.29 is 22.7 Å². The van der Waals surface area contributed by atoms with Gasteiger partial charge in [0.1, 0.15) is 5.69 Å². The lowest BCUT2D eigenvalue weighted by Crippen LogP contribution is -2.35. The van der Waals surface area contributed by atoms with Crippen LogP contribution in [0.2, 0.25) is 0 Å². The van der Waals surface area contributed by atoms with E-state index in [1.807, 2.05) is 0 Å². The fourth-order valence-corrected chi connectivity index (χ4v) is 4.89. The molecule has 3 aromatic rings. The van der Waals surface area contributed by atoms with Gasteiger partial charge in [-0.2, -0.15) is 4.31 Å². The molecule has 1 saturated heterocycles. The second-order valence-corrected chi connectivity index (χ2v) is 8.42. The summed E-state index contributed by atoms with van der Waals surface area (Å²) in [4.78, 5) is 16.3. The molecule has 0 spiro atoms. The molecule has 1 aliphatic rings. The van der Waals surface area contributed by atoms with Gasteiger partial charge in [-0.15, -0.1) is 0 Å². The number of carbonyl (C=O) groups is 1. The molecule has 0 saturated carbocycles. The lowest BCUT2D eigenvalue weighted by Gasteiger charge is -2.26. The van der Waals surface area contributed by atoms with Gasteiger partial charge in [-0.3, -0.25) is 0 Å². The summed E-state index contributed by atoms with van der Waals surface area (Å²) in [5, 5.41) is 9.92. The Morgan fingerprint density at radius 3 is 2.56 bits per heavy atom. The van der Waals surface area contributed by atoms with Crippen LogP contribution in [0, 0.1) is 0 Å². The highest BCUT2D eigenvalue weighted by atomic mass is 32.2. The number of carboxylic acids is 1. The van der Waals surface area contributed by atoms with Crippen molar-refractivity contribution in [3.63, 3.8) is 0 Å². The number of rotatable bonds is 4. The van der Waals surface area contributed by atoms with E-state index in [0.29, 0.717) is 30.1 Å². The van der Waals surface area contributed by atoms with Gasteiger partial charge in [0.2, 0.25) is 10.0 Å². The van der Waals surface area contributed by atoms with Crippen molar-refractivity contribution in [2.45, 2.75) is 24.2 Å². The normalized spacial score (nSPS) is 15.9. The van der Waals surface area contributed by atoms with Gasteiger partial charge in [0.25, 0.3) is 0 Å². The van der Waals surface area contributed by atoms with Gasteiger partial charge >= 0.3 is 5.97 Å². The first kappa shape index (κ1) is 17.7. The lowest BCUT2D eigenvalue weighted by atomic mass is 10.1. The zero-order chi connectivity index (χ0) is 19.0. The summed E-state index contributed by atoms with van der Waals surface area (Å²) in [6.45, 7) is 0.976. The van der Waals surface area contributed by atoms with Crippen LogP contribution in [0.15, 0.2) is 52.0 Å². The van der Waals surface area contributed by atoms with Crippen molar-refractivity contribution in [3.05, 3.63) is 48.2 Å². The van der Waals surface area contributed by atoms with Crippen LogP contribution >= 0.6 is 0 Å². The van der Waals surface area contributed by atoms with E-state index >= 15 is 0 Å². The Kier molecular flexibility index (Phi) is 4.45. The largest absolute Gasteiger partial charge is 0.478 e. The van der Waals surface area contributed by atoms with Crippen molar-refractivity contribution in [1.29, 1.82) is 0 Å². The third kappa shape index (κ3) is 3.22. The number of sulfonamides is 1. The highest BCUT2D eigenvalue weighted by Crippen LogP contribution is 2.29. The topological polar surface area (TPSA) is 101 Å². The summed E-state index contributed by atoms with van der Waals surface area (Å²) in [5.74, 6) is -0.702. The Morgan fingerprint density at radius 1 is 1.11 bits per heavy atom. The van der Waals surface area contributed by atoms with E-state index in [-0.39, 0.29) is 15.8 Å². The van der Waals surface area contributed by atoms with Gasteiger partial charge in [-0.25, -0.2) is 18.2 Å². The molecule has 0 bridgehead atoms. The summed E-state index contributed by atoms with van der Waals surface area (Å²) >= 11 is 0. The molecule has 3 heterocycles. The fourth-order valence-electron chi connectivity index (χ4n) is 3.35. The van der Waals surface area contributed by atoms with Gasteiger partial charge in [-0.05, 0) is 49.2 Å². The molecule has 4 rings (SSSR count). The number of aromatic nitrogens is 1. The van der Waals surface area contributed by atoms with Crippen LogP contribution in [0.3, 0.4) is 0 Å². The van der Waals surface area contributed by atoms with Gasteiger partial charge in [0.05, 0.1) is 22.2 Å². The Bertz CT molecular complexity index is 1100. The number of fused-ring (bicyclic) bond motifs is 1. The Hall–Kier alpha value is -2.71. The van der Waals surface area contributed by atoms with E-state index in [4.69, 9.17) is 4.42 Å². The number of furan rings is 1. The summed E-state index contributed by atoms with van der Waals surface area (Å²) in [5.41, 5.74) is 0.775. The van der Waals surface area contributed by atoms with Crippen molar-refractivity contribution in [1.82, 2.24) is 9.29 Å². The molecule has 7 nitrogen and oxygen atoms in total. The minimum atomic E-state index is -3.66. The maximum atomic E-state index is 12.9. The molecule has 1 aromatic carbocycles. The summed E-state index contributed by atoms with van der Waals surface area (Å²) < 4.78 is 32.6. The summed E-state index contributed by atoms with van der Waals surface area (Å²) in [6.07, 6.45) is 4.17. The number of hydrogen-bond donors (Lipinski definition) is 1. The van der Waals surface area contributed by atoms with Crippen LogP contribution in [0.1, 0.15) is 29.6 Å². The first-order chi connectivity index (χ1) is 13.0. The molecule has 1 fully saturated rings. The monoisotopic (exact) mass is 386 g/mol. The smallest absolute Gasteiger partial charge is 0.336 e. The molecule has 0 atom stereocenters. The van der Waals surface area contributed by atoms with Gasteiger partial charge in [0.15, 0.2) is 5.76 Å². The first-order valence-electron chi connectivity index (χ1n) is 8.69. The van der Waals surface area contributed by atoms with Crippen molar-refractivity contribution in [3.8, 4) is 11.5 Å². The molecule has 0 aliphatic carbocycles. The van der Waals surface area contributed by atoms with Crippen LogP contribution in [-0.4, -0.2) is 41.9 Å². The Labute approximate surface area is 156 Å². The predicted octanol–water partition coefficient (Wildman–Crippen LogP) is 3.37. The molecule has 0 unspecified atom stereocenters. The quantitative estimate of drug-likeness (QED) is 0.738. The molecule has 2 aromatic heterocycles. The molecule has 140 valence electrons. The van der Waals surface area contributed by atoms with E-state index in [1.54, 1.807) is 18.2 Å². The third-order valence-corrected chi connectivity index (χ3v) is 6.63. The fraction of sp³-hybridized carbons (Fsp3) is 0.263. The Balaban J connectivity index is 1.85. The predicted molar refractivity (Wildman–Crippen MR) is 99.0 cm³/mol. The number of piperidine rings is 1. The zero-order valence-electron chi connectivity index (χ0n) is 14.5. The van der Waals surface area contributed by atoms with Crippen LogP contribution in [0.5, 0.6) is 0 Å². The second kappa shape index (κ2) is 6.79. The first-order valence-corrected chi connectivity index (χ1v) is 10.1. The van der Waals surface area contributed by atoms with Gasteiger partial charge < -0.3 is 9.52 Å². The lowest BCUT2D eigenvalue weighted by molar-refractivity contribution is 0.0699. The number of benzene rings is 1. The van der Waals surface area contributed by atoms with Crippen molar-refractivity contribution >= 4 is 26.9 Å². The van der Waals surface area contributed by atoms with E-state index in [9.17, 15) is 18.3 Å². The summed E-state index contributed by atoms with van der Waals surface area (Å²) in [6, 6.07) is 9.22. The number of pyridine rings is 1. The van der Waals surface area contributed by atoms with E-state index in [0.717, 1.165) is 19.3 Å². The molecule has 1 aliphatic heterocycles. The highest BCUT2D eigenvalue weighted by Gasteiger charge is 2.27. The zero-order valence-corrected chi connectivity index (χ0v) is 15.3. The van der Waals surface area contributed by atoms with Crippen molar-refractivity contribution in [2.75, 3.05) is 13.1 Å². The van der Waals surface area contributed by atoms with E-state index in [2.05, 4.69) is 4.98 Å². The highest BCUT2D eigenvalue weighted by molar-refractivity contribution is 7.89. The number of hydrogen-bond acceptors (Lipinski definition) is 5. The van der Waals surface area contributed by atoms with Crippen LogP contribution in [0.25, 0.3) is 22.4 Å². The number of aromatic carboxylic acids is 1. The minimum absolute atomic E-state index is 0.0119. The summed E-state index contributed by atoms with van der Waals surface area (Å²) in [7, 11) is -3.66. The average Bonchev–Trinajstić information content (AvgIpc) is 3.22. The molecule has 0 radical (unpaired) electrons. The number of carboxylic acid groups (broad SMARTS) is 1. The van der Waals surface area contributed by atoms with Crippen LogP contribution in [0.4, 0.5) is 0 Å². The molecule has 27 heavy (non-hydrogen) atoms. The van der Waals surface area contributed by atoms with Crippen molar-refractivity contribution in [2.24, 2.45) is 0 Å². The maximum Gasteiger partial charge on any atom is 0.336 e. The molecular weight excluding hydrogens is 368 g/mol. The average molecular weight is 386 g/mol. The Morgan fingerprint density at radius 2 is 1.89 bits per heavy atom. The van der Waals surface area contributed by atoms with Crippen LogP contribution < -0.4 is 0 Å². The molecular formula is C19H18N2O5S. The van der Waals surface area contributed by atoms with E-state index < -0.39 is 16.0 Å². The third-order valence-electron chi connectivity index (χ3n) is 4.74. The molecule has 0 amide bonds. The second-order valence-electron chi connectivity index (χ2n) is 6.48. The van der Waals surface area contributed by atoms with E-state index in [1.165, 1.54) is 28.8 Å². The van der Waals surface area contributed by atoms with Crippen LogP contribution in [-0.2, 0) is 10.0 Å². The number of nitrogens with zero attached hydrogens (tertiary/aromatic N) is 2. The van der Waals surface area contributed by atoms with Gasteiger partial charge in [-0.1, -0.05) is 6.42 Å². The van der Waals surface area contributed by atoms with Gasteiger partial charge in [0, 0.05) is 18.5 Å². The minimum Gasteiger partial charge on any atom is -0.478 e. The standard InChI is InChI=1S/C19H18N2O5S/c22-19(23)15-12-17(18-5-4-10-26-18)20-16-7-6-13(11-14(15)16)27(24,25)21-8-2-1-3-9-21/h4-7,10-12H,1-3,8-9H2,(H,22,23).